The van der Waals surface area contributed by atoms with Crippen LogP contribution in [0.15, 0.2) is 60.1 Å². The lowest BCUT2D eigenvalue weighted by Gasteiger charge is -2.29. The number of amides is 3. The second-order valence-electron chi connectivity index (χ2n) is 8.01. The predicted molar refractivity (Wildman–Crippen MR) is 127 cm³/mol. The standard InChI is InChI=1S/C25H19FN4O3S/c26-20-5-4-18(11-19(20)23(27)31)29-24(32)15-2-1-14-7-8-30(12-17(14)9-15)25(33)16-3-6-22-21(10-16)28-13-34-22/h1-6,9-11,13H,7-8,12H2,(H2,27,31)(H,29,32). The van der Waals surface area contributed by atoms with E-state index in [9.17, 15) is 18.8 Å². The van der Waals surface area contributed by atoms with Crippen LogP contribution in [0.2, 0.25) is 0 Å². The van der Waals surface area contributed by atoms with Gasteiger partial charge in [0.15, 0.2) is 0 Å². The van der Waals surface area contributed by atoms with Crippen molar-refractivity contribution in [3.8, 4) is 0 Å². The summed E-state index contributed by atoms with van der Waals surface area (Å²) in [5, 5.41) is 2.66. The van der Waals surface area contributed by atoms with Crippen LogP contribution in [0, 0.1) is 5.82 Å². The Morgan fingerprint density at radius 3 is 2.65 bits per heavy atom. The Labute approximate surface area is 198 Å². The molecule has 170 valence electrons. The van der Waals surface area contributed by atoms with Gasteiger partial charge in [0.1, 0.15) is 5.82 Å². The number of hydrogen-bond donors (Lipinski definition) is 2. The van der Waals surface area contributed by atoms with Crippen LogP contribution >= 0.6 is 11.3 Å². The number of carbonyl (C=O) groups excluding carboxylic acids is 3. The van der Waals surface area contributed by atoms with E-state index < -0.39 is 17.6 Å². The van der Waals surface area contributed by atoms with Gasteiger partial charge in [-0.05, 0) is 66.1 Å². The van der Waals surface area contributed by atoms with Crippen molar-refractivity contribution in [3.63, 3.8) is 0 Å². The monoisotopic (exact) mass is 474 g/mol. The molecule has 2 heterocycles. The van der Waals surface area contributed by atoms with Gasteiger partial charge in [-0.3, -0.25) is 14.4 Å². The van der Waals surface area contributed by atoms with E-state index in [2.05, 4.69) is 10.3 Å². The fraction of sp³-hybridized carbons (Fsp3) is 0.120. The Morgan fingerprint density at radius 2 is 1.82 bits per heavy atom. The van der Waals surface area contributed by atoms with Gasteiger partial charge in [0.2, 0.25) is 0 Å². The zero-order valence-corrected chi connectivity index (χ0v) is 18.7. The van der Waals surface area contributed by atoms with Crippen LogP contribution in [-0.4, -0.2) is 34.2 Å². The molecule has 3 aromatic carbocycles. The second-order valence-corrected chi connectivity index (χ2v) is 8.89. The number of nitrogens with zero attached hydrogens (tertiary/aromatic N) is 2. The average molecular weight is 475 g/mol. The number of thiazole rings is 1. The minimum absolute atomic E-state index is 0.0827. The van der Waals surface area contributed by atoms with Gasteiger partial charge in [0, 0.05) is 29.9 Å². The molecule has 3 amide bonds. The van der Waals surface area contributed by atoms with E-state index in [1.165, 1.54) is 23.5 Å². The van der Waals surface area contributed by atoms with Crippen LogP contribution < -0.4 is 11.1 Å². The van der Waals surface area contributed by atoms with E-state index in [0.717, 1.165) is 27.4 Å². The van der Waals surface area contributed by atoms with E-state index in [4.69, 9.17) is 5.73 Å². The zero-order chi connectivity index (χ0) is 23.8. The van der Waals surface area contributed by atoms with Crippen molar-refractivity contribution >= 4 is 45.0 Å². The number of halogens is 1. The first-order valence-electron chi connectivity index (χ1n) is 10.5. The van der Waals surface area contributed by atoms with Gasteiger partial charge in [-0.15, -0.1) is 11.3 Å². The molecule has 3 N–H and O–H groups in total. The lowest BCUT2D eigenvalue weighted by molar-refractivity contribution is 0.0734. The highest BCUT2D eigenvalue weighted by molar-refractivity contribution is 7.16. The minimum Gasteiger partial charge on any atom is -0.366 e. The van der Waals surface area contributed by atoms with Gasteiger partial charge in [-0.25, -0.2) is 9.37 Å². The summed E-state index contributed by atoms with van der Waals surface area (Å²) in [6.45, 7) is 0.963. The lowest BCUT2D eigenvalue weighted by atomic mass is 9.96. The quantitative estimate of drug-likeness (QED) is 0.467. The molecule has 0 radical (unpaired) electrons. The Morgan fingerprint density at radius 1 is 1.00 bits per heavy atom. The number of hydrogen-bond acceptors (Lipinski definition) is 5. The Balaban J connectivity index is 1.34. The fourth-order valence-corrected chi connectivity index (χ4v) is 4.70. The molecule has 1 aliphatic rings. The van der Waals surface area contributed by atoms with Crippen LogP contribution in [-0.2, 0) is 13.0 Å². The molecule has 0 aliphatic carbocycles. The molecule has 0 saturated heterocycles. The first-order valence-corrected chi connectivity index (χ1v) is 11.4. The summed E-state index contributed by atoms with van der Waals surface area (Å²) in [7, 11) is 0. The maximum atomic E-state index is 13.7. The lowest BCUT2D eigenvalue weighted by Crippen LogP contribution is -2.36. The first kappa shape index (κ1) is 21.7. The van der Waals surface area contributed by atoms with Crippen LogP contribution in [0.4, 0.5) is 10.1 Å². The van der Waals surface area contributed by atoms with E-state index >= 15 is 0 Å². The fourth-order valence-electron chi connectivity index (χ4n) is 4.04. The highest BCUT2D eigenvalue weighted by Gasteiger charge is 2.23. The molecule has 0 saturated carbocycles. The van der Waals surface area contributed by atoms with Crippen molar-refractivity contribution in [3.05, 3.63) is 93.7 Å². The molecule has 0 unspecified atom stereocenters. The number of aromatic nitrogens is 1. The summed E-state index contributed by atoms with van der Waals surface area (Å²) in [6.07, 6.45) is 0.682. The van der Waals surface area contributed by atoms with Gasteiger partial charge in [0.05, 0.1) is 21.3 Å². The smallest absolute Gasteiger partial charge is 0.255 e. The first-order chi connectivity index (χ1) is 16.4. The van der Waals surface area contributed by atoms with E-state index in [1.54, 1.807) is 28.6 Å². The van der Waals surface area contributed by atoms with Crippen molar-refractivity contribution in [2.75, 3.05) is 11.9 Å². The van der Waals surface area contributed by atoms with Crippen molar-refractivity contribution in [2.45, 2.75) is 13.0 Å². The average Bonchev–Trinajstić information content (AvgIpc) is 3.32. The topological polar surface area (TPSA) is 105 Å². The van der Waals surface area contributed by atoms with Gasteiger partial charge in [0.25, 0.3) is 17.7 Å². The molecule has 0 fully saturated rings. The van der Waals surface area contributed by atoms with Gasteiger partial charge in [-0.2, -0.15) is 0 Å². The molecule has 4 aromatic rings. The van der Waals surface area contributed by atoms with Crippen molar-refractivity contribution in [1.82, 2.24) is 9.88 Å². The molecular formula is C25H19FN4O3S. The molecule has 1 aliphatic heterocycles. The number of carbonyl (C=O) groups is 3. The summed E-state index contributed by atoms with van der Waals surface area (Å²) in [6, 6.07) is 14.5. The Kier molecular flexibility index (Phi) is 5.54. The number of nitrogens with two attached hydrogens (primary N) is 1. The molecule has 9 heteroatoms. The predicted octanol–water partition coefficient (Wildman–Crippen LogP) is 3.99. The van der Waals surface area contributed by atoms with Crippen LogP contribution in [0.5, 0.6) is 0 Å². The zero-order valence-electron chi connectivity index (χ0n) is 17.9. The van der Waals surface area contributed by atoms with Crippen LogP contribution in [0.3, 0.4) is 0 Å². The molecule has 34 heavy (non-hydrogen) atoms. The molecule has 0 atom stereocenters. The maximum absolute atomic E-state index is 13.7. The third-order valence-electron chi connectivity index (χ3n) is 5.83. The van der Waals surface area contributed by atoms with Crippen LogP contribution in [0.25, 0.3) is 10.2 Å². The summed E-state index contributed by atoms with van der Waals surface area (Å²) in [5.41, 5.74) is 10.6. The summed E-state index contributed by atoms with van der Waals surface area (Å²) in [5.74, 6) is -2.16. The number of benzene rings is 3. The summed E-state index contributed by atoms with van der Waals surface area (Å²) < 4.78 is 14.7. The summed E-state index contributed by atoms with van der Waals surface area (Å²) >= 11 is 1.53. The second kappa shape index (κ2) is 8.68. The Hall–Kier alpha value is -4.11. The van der Waals surface area contributed by atoms with Crippen molar-refractivity contribution in [2.24, 2.45) is 5.73 Å². The van der Waals surface area contributed by atoms with Crippen molar-refractivity contribution < 1.29 is 18.8 Å². The maximum Gasteiger partial charge on any atom is 0.255 e. The molecule has 0 bridgehead atoms. The minimum atomic E-state index is -0.916. The van der Waals surface area contributed by atoms with Gasteiger partial charge < -0.3 is 16.0 Å². The van der Waals surface area contributed by atoms with E-state index in [1.807, 2.05) is 18.2 Å². The van der Waals surface area contributed by atoms with Gasteiger partial charge >= 0.3 is 0 Å². The number of nitrogens with one attached hydrogen (secondary N) is 1. The largest absolute Gasteiger partial charge is 0.366 e. The third kappa shape index (κ3) is 4.13. The normalized spacial score (nSPS) is 12.9. The molecule has 0 spiro atoms. The highest BCUT2D eigenvalue weighted by atomic mass is 32.1. The molecular weight excluding hydrogens is 455 g/mol. The molecule has 1 aromatic heterocycles. The number of fused-ring (bicyclic) bond motifs is 2. The highest BCUT2D eigenvalue weighted by Crippen LogP contribution is 2.25. The Bertz CT molecular complexity index is 1470. The molecule has 5 rings (SSSR count). The number of anilines is 1. The third-order valence-corrected chi connectivity index (χ3v) is 6.64. The summed E-state index contributed by atoms with van der Waals surface area (Å²) in [4.78, 5) is 43.3. The number of rotatable bonds is 4. The van der Waals surface area contributed by atoms with E-state index in [-0.39, 0.29) is 17.2 Å². The molecule has 7 nitrogen and oxygen atoms in total. The van der Waals surface area contributed by atoms with Gasteiger partial charge in [-0.1, -0.05) is 6.07 Å². The number of primary amides is 1. The SMILES string of the molecule is NC(=O)c1cc(NC(=O)c2ccc3c(c2)CN(C(=O)c2ccc4scnc4c2)CC3)ccc1F. The van der Waals surface area contributed by atoms with Crippen molar-refractivity contribution in [1.29, 1.82) is 0 Å². The van der Waals surface area contributed by atoms with Crippen LogP contribution in [0.1, 0.15) is 42.2 Å². The van der Waals surface area contributed by atoms with E-state index in [0.29, 0.717) is 30.6 Å².